The Bertz CT molecular complexity index is 616. The van der Waals surface area contributed by atoms with Crippen LogP contribution in [-0.2, 0) is 13.0 Å². The first-order valence-corrected chi connectivity index (χ1v) is 7.83. The molecule has 0 spiro atoms. The fraction of sp³-hybridized carbons (Fsp3) is 0.462. The molecule has 0 unspecified atom stereocenters. The van der Waals surface area contributed by atoms with Crippen LogP contribution in [0.4, 0.5) is 11.9 Å². The van der Waals surface area contributed by atoms with Crippen molar-refractivity contribution in [2.24, 2.45) is 5.84 Å². The van der Waals surface area contributed by atoms with E-state index in [1.165, 1.54) is 10.4 Å². The number of hydrogen-bond acceptors (Lipinski definition) is 8. The van der Waals surface area contributed by atoms with E-state index < -0.39 is 0 Å². The van der Waals surface area contributed by atoms with Gasteiger partial charge in [0.1, 0.15) is 0 Å². The molecule has 0 fully saturated rings. The van der Waals surface area contributed by atoms with Gasteiger partial charge in [-0.05, 0) is 29.9 Å². The molecule has 3 N–H and O–H groups in total. The van der Waals surface area contributed by atoms with Gasteiger partial charge in [-0.3, -0.25) is 5.43 Å². The highest BCUT2D eigenvalue weighted by molar-refractivity contribution is 7.10. The molecule has 0 aromatic carbocycles. The number of thiophene rings is 1. The fourth-order valence-corrected chi connectivity index (χ4v) is 3.12. The number of nitrogens with two attached hydrogens (primary N) is 1. The Morgan fingerprint density at radius 1 is 1.43 bits per heavy atom. The average molecular weight is 306 g/mol. The van der Waals surface area contributed by atoms with Crippen LogP contribution in [-0.4, -0.2) is 28.1 Å². The number of hydrazine groups is 1. The lowest BCUT2D eigenvalue weighted by atomic mass is 10.1. The minimum Gasteiger partial charge on any atom is -0.463 e. The number of rotatable bonds is 5. The van der Waals surface area contributed by atoms with Gasteiger partial charge >= 0.3 is 6.01 Å². The molecule has 0 amide bonds. The van der Waals surface area contributed by atoms with Gasteiger partial charge in [0.25, 0.3) is 0 Å². The smallest absolute Gasteiger partial charge is 0.323 e. The van der Waals surface area contributed by atoms with E-state index in [0.29, 0.717) is 24.5 Å². The first-order valence-electron chi connectivity index (χ1n) is 6.96. The first kappa shape index (κ1) is 14.0. The highest BCUT2D eigenvalue weighted by Gasteiger charge is 2.21. The first-order chi connectivity index (χ1) is 10.3. The number of aromatic nitrogens is 3. The highest BCUT2D eigenvalue weighted by atomic mass is 32.1. The van der Waals surface area contributed by atoms with Gasteiger partial charge in [-0.1, -0.05) is 6.92 Å². The van der Waals surface area contributed by atoms with Crippen LogP contribution in [0.15, 0.2) is 11.4 Å². The molecule has 0 radical (unpaired) electrons. The number of nitrogens with one attached hydrogen (secondary N) is 1. The van der Waals surface area contributed by atoms with Crippen molar-refractivity contribution in [1.29, 1.82) is 0 Å². The number of nitrogen functional groups attached to an aromatic ring is 1. The van der Waals surface area contributed by atoms with Crippen molar-refractivity contribution in [2.75, 3.05) is 23.5 Å². The van der Waals surface area contributed by atoms with Crippen LogP contribution in [0.1, 0.15) is 23.8 Å². The largest absolute Gasteiger partial charge is 0.463 e. The van der Waals surface area contributed by atoms with E-state index >= 15 is 0 Å². The third-order valence-electron chi connectivity index (χ3n) is 3.26. The molecule has 1 aliphatic rings. The zero-order valence-corrected chi connectivity index (χ0v) is 12.7. The number of ether oxygens (including phenoxy) is 1. The third-order valence-corrected chi connectivity index (χ3v) is 4.28. The normalized spacial score (nSPS) is 13.9. The molecule has 112 valence electrons. The van der Waals surface area contributed by atoms with Crippen molar-refractivity contribution in [2.45, 2.75) is 26.3 Å². The summed E-state index contributed by atoms with van der Waals surface area (Å²) in [6.45, 7) is 4.30. The summed E-state index contributed by atoms with van der Waals surface area (Å²) < 4.78 is 5.50. The van der Waals surface area contributed by atoms with E-state index in [1.807, 2.05) is 18.3 Å². The van der Waals surface area contributed by atoms with Gasteiger partial charge in [-0.2, -0.15) is 15.0 Å². The van der Waals surface area contributed by atoms with Crippen LogP contribution in [0.25, 0.3) is 0 Å². The summed E-state index contributed by atoms with van der Waals surface area (Å²) in [7, 11) is 0. The van der Waals surface area contributed by atoms with Crippen molar-refractivity contribution in [3.63, 3.8) is 0 Å². The molecule has 1 aliphatic heterocycles. The van der Waals surface area contributed by atoms with Crippen molar-refractivity contribution >= 4 is 23.2 Å². The molecule has 7 nitrogen and oxygen atoms in total. The quantitative estimate of drug-likeness (QED) is 0.640. The predicted octanol–water partition coefficient (Wildman–Crippen LogP) is 1.57. The molecule has 21 heavy (non-hydrogen) atoms. The molecule has 0 aliphatic carbocycles. The Morgan fingerprint density at radius 2 is 2.33 bits per heavy atom. The van der Waals surface area contributed by atoms with Crippen molar-refractivity contribution in [3.05, 3.63) is 21.9 Å². The lowest BCUT2D eigenvalue weighted by Gasteiger charge is -2.27. The van der Waals surface area contributed by atoms with Gasteiger partial charge in [0.05, 0.1) is 6.61 Å². The van der Waals surface area contributed by atoms with Gasteiger partial charge in [0.2, 0.25) is 11.9 Å². The van der Waals surface area contributed by atoms with Crippen LogP contribution in [0.3, 0.4) is 0 Å². The second-order valence-electron chi connectivity index (χ2n) is 4.77. The van der Waals surface area contributed by atoms with Gasteiger partial charge in [-0.15, -0.1) is 11.3 Å². The summed E-state index contributed by atoms with van der Waals surface area (Å²) in [5.41, 5.74) is 3.81. The summed E-state index contributed by atoms with van der Waals surface area (Å²) >= 11 is 1.81. The second-order valence-corrected chi connectivity index (χ2v) is 5.78. The van der Waals surface area contributed by atoms with Gasteiger partial charge < -0.3 is 9.64 Å². The molecule has 0 bridgehead atoms. The SMILES string of the molecule is CCCOc1nc(NN)nc(N2CCc3sccc3C2)n1. The number of fused-ring (bicyclic) bond motifs is 1. The molecule has 3 heterocycles. The third kappa shape index (κ3) is 3.06. The fourth-order valence-electron chi connectivity index (χ4n) is 2.23. The monoisotopic (exact) mass is 306 g/mol. The summed E-state index contributed by atoms with van der Waals surface area (Å²) in [4.78, 5) is 16.4. The Labute approximate surface area is 127 Å². The van der Waals surface area contributed by atoms with Crippen LogP contribution < -0.4 is 20.9 Å². The molecule has 0 atom stereocenters. The van der Waals surface area contributed by atoms with Crippen molar-refractivity contribution in [1.82, 2.24) is 15.0 Å². The lowest BCUT2D eigenvalue weighted by molar-refractivity contribution is 0.291. The number of hydrogen-bond donors (Lipinski definition) is 2. The van der Waals surface area contributed by atoms with E-state index in [9.17, 15) is 0 Å². The molecule has 3 rings (SSSR count). The van der Waals surface area contributed by atoms with Crippen molar-refractivity contribution in [3.8, 4) is 6.01 Å². The zero-order valence-electron chi connectivity index (χ0n) is 11.9. The van der Waals surface area contributed by atoms with Crippen LogP contribution in [0.5, 0.6) is 6.01 Å². The maximum absolute atomic E-state index is 5.50. The van der Waals surface area contributed by atoms with Crippen LogP contribution in [0.2, 0.25) is 0 Å². The summed E-state index contributed by atoms with van der Waals surface area (Å²) in [6, 6.07) is 2.47. The second kappa shape index (κ2) is 6.23. The van der Waals surface area contributed by atoms with E-state index in [0.717, 1.165) is 25.9 Å². The zero-order chi connectivity index (χ0) is 14.7. The van der Waals surface area contributed by atoms with E-state index in [2.05, 4.69) is 36.7 Å². The maximum atomic E-state index is 5.50. The van der Waals surface area contributed by atoms with Crippen molar-refractivity contribution < 1.29 is 4.74 Å². The standard InChI is InChI=1S/C13H18N6OS/c1-2-6-20-13-16-11(18-14)15-12(17-13)19-5-3-10-9(8-19)4-7-21-10/h4,7H,2-3,5-6,8,14H2,1H3,(H,15,16,17,18). The Morgan fingerprint density at radius 3 is 3.14 bits per heavy atom. The van der Waals surface area contributed by atoms with E-state index in [-0.39, 0.29) is 0 Å². The Hall–Kier alpha value is -1.93. The molecule has 2 aromatic heterocycles. The summed E-state index contributed by atoms with van der Waals surface area (Å²) in [5.74, 6) is 6.35. The number of anilines is 2. The van der Waals surface area contributed by atoms with Gasteiger partial charge in [-0.25, -0.2) is 5.84 Å². The minimum absolute atomic E-state index is 0.311. The summed E-state index contributed by atoms with van der Waals surface area (Å²) in [5, 5.41) is 2.13. The van der Waals surface area contributed by atoms with Crippen LogP contribution >= 0.6 is 11.3 Å². The number of nitrogens with zero attached hydrogens (tertiary/aromatic N) is 4. The molecule has 0 saturated heterocycles. The summed E-state index contributed by atoms with van der Waals surface area (Å²) in [6.07, 6.45) is 1.91. The van der Waals surface area contributed by atoms with Gasteiger partial charge in [0.15, 0.2) is 0 Å². The van der Waals surface area contributed by atoms with Crippen LogP contribution in [0, 0.1) is 0 Å². The average Bonchev–Trinajstić information content (AvgIpc) is 3.00. The minimum atomic E-state index is 0.311. The molecule has 0 saturated carbocycles. The maximum Gasteiger partial charge on any atom is 0.323 e. The Kier molecular flexibility index (Phi) is 4.16. The molecule has 8 heteroatoms. The molecule has 2 aromatic rings. The molecular formula is C13H18N6OS. The topological polar surface area (TPSA) is 89.2 Å². The predicted molar refractivity (Wildman–Crippen MR) is 82.5 cm³/mol. The lowest BCUT2D eigenvalue weighted by Crippen LogP contribution is -2.31. The molecular weight excluding hydrogens is 288 g/mol. The van der Waals surface area contributed by atoms with E-state index in [1.54, 1.807) is 0 Å². The Balaban J connectivity index is 1.84. The highest BCUT2D eigenvalue weighted by Crippen LogP contribution is 2.27. The van der Waals surface area contributed by atoms with E-state index in [4.69, 9.17) is 10.6 Å². The van der Waals surface area contributed by atoms with Gasteiger partial charge in [0, 0.05) is 18.0 Å².